The molecule has 0 aromatic heterocycles. The number of allylic oxidation sites excluding steroid dienone is 2. The molecular weight excluding hydrogens is 420 g/mol. The zero-order chi connectivity index (χ0) is 22.2. The molecular formula is C23H26O5S2. The normalized spacial score (nSPS) is 12.6. The van der Waals surface area contributed by atoms with Gasteiger partial charge in [-0.15, -0.1) is 0 Å². The minimum Gasteiger partial charge on any atom is -0.290 e. The van der Waals surface area contributed by atoms with Crippen LogP contribution < -0.4 is 0 Å². The van der Waals surface area contributed by atoms with Crippen LogP contribution in [-0.4, -0.2) is 34.1 Å². The molecule has 0 saturated carbocycles. The third-order valence-electron chi connectivity index (χ3n) is 4.43. The van der Waals surface area contributed by atoms with Crippen molar-refractivity contribution in [2.75, 3.05) is 11.5 Å². The number of sulfone groups is 2. The number of rotatable bonds is 10. The van der Waals surface area contributed by atoms with Crippen LogP contribution in [0.5, 0.6) is 0 Å². The molecule has 30 heavy (non-hydrogen) atoms. The molecule has 0 spiro atoms. The number of ketones is 1. The Morgan fingerprint density at radius 2 is 1.13 bits per heavy atom. The number of benzene rings is 2. The molecule has 2 aromatic rings. The second-order valence-corrected chi connectivity index (χ2v) is 11.6. The lowest BCUT2D eigenvalue weighted by Gasteiger charge is -2.03. The maximum absolute atomic E-state index is 12.1. The summed E-state index contributed by atoms with van der Waals surface area (Å²) >= 11 is 0. The van der Waals surface area contributed by atoms with Gasteiger partial charge in [0.15, 0.2) is 25.5 Å². The van der Waals surface area contributed by atoms with E-state index in [2.05, 4.69) is 0 Å². The molecule has 0 N–H and O–H groups in total. The topological polar surface area (TPSA) is 85.3 Å². The first kappa shape index (κ1) is 23.8. The van der Waals surface area contributed by atoms with Crippen LogP contribution >= 0.6 is 0 Å². The summed E-state index contributed by atoms with van der Waals surface area (Å²) in [7, 11) is -6.23. The van der Waals surface area contributed by atoms with Crippen molar-refractivity contribution in [3.8, 4) is 0 Å². The van der Waals surface area contributed by atoms with Crippen molar-refractivity contribution in [3.05, 3.63) is 82.9 Å². The van der Waals surface area contributed by atoms with Gasteiger partial charge in [0.05, 0.1) is 11.5 Å². The summed E-state index contributed by atoms with van der Waals surface area (Å²) in [5.41, 5.74) is 2.85. The summed E-state index contributed by atoms with van der Waals surface area (Å²) in [6, 6.07) is 14.1. The fourth-order valence-corrected chi connectivity index (χ4v) is 4.48. The van der Waals surface area contributed by atoms with E-state index in [0.717, 1.165) is 11.1 Å². The predicted octanol–water partition coefficient (Wildman–Crippen LogP) is 3.85. The van der Waals surface area contributed by atoms with Crippen molar-refractivity contribution < 1.29 is 21.6 Å². The van der Waals surface area contributed by atoms with E-state index in [-0.39, 0.29) is 28.8 Å². The average Bonchev–Trinajstić information content (AvgIpc) is 2.71. The van der Waals surface area contributed by atoms with Crippen LogP contribution in [0.3, 0.4) is 0 Å². The third kappa shape index (κ3) is 8.08. The molecule has 0 amide bonds. The first-order valence-electron chi connectivity index (χ1n) is 9.61. The number of carbonyl (C=O) groups excluding carboxylic acids is 1. The third-order valence-corrected chi connectivity index (χ3v) is 7.74. The number of hydrogen-bond acceptors (Lipinski definition) is 5. The van der Waals surface area contributed by atoms with Gasteiger partial charge in [-0.3, -0.25) is 4.79 Å². The fraction of sp³-hybridized carbons (Fsp3) is 0.261. The van der Waals surface area contributed by atoms with Crippen molar-refractivity contribution >= 4 is 37.6 Å². The number of hydrogen-bond donors (Lipinski definition) is 0. The Morgan fingerprint density at radius 1 is 0.733 bits per heavy atom. The Kier molecular flexibility index (Phi) is 8.32. The van der Waals surface area contributed by atoms with Gasteiger partial charge in [-0.1, -0.05) is 74.5 Å². The molecule has 2 rings (SSSR count). The summed E-state index contributed by atoms with van der Waals surface area (Å²) in [6.07, 6.45) is 6.10. The highest BCUT2D eigenvalue weighted by atomic mass is 32.2. The van der Waals surface area contributed by atoms with Crippen LogP contribution in [0.4, 0.5) is 0 Å². The summed E-state index contributed by atoms with van der Waals surface area (Å²) in [5.74, 6) is -0.107. The van der Waals surface area contributed by atoms with E-state index in [1.54, 1.807) is 74.5 Å². The van der Waals surface area contributed by atoms with E-state index in [0.29, 0.717) is 11.1 Å². The van der Waals surface area contributed by atoms with Crippen LogP contribution in [0.15, 0.2) is 60.7 Å². The molecule has 0 aliphatic carbocycles. The van der Waals surface area contributed by atoms with E-state index >= 15 is 0 Å². The molecule has 5 nitrogen and oxygen atoms in total. The molecule has 160 valence electrons. The lowest BCUT2D eigenvalue weighted by Crippen LogP contribution is -2.06. The van der Waals surface area contributed by atoms with Gasteiger partial charge in [0, 0.05) is 11.5 Å². The summed E-state index contributed by atoms with van der Waals surface area (Å²) in [6.45, 7) is 3.23. The maximum Gasteiger partial charge on any atom is 0.178 e. The van der Waals surface area contributed by atoms with Crippen LogP contribution in [0.2, 0.25) is 0 Å². The molecule has 2 aromatic carbocycles. The summed E-state index contributed by atoms with van der Waals surface area (Å²) in [4.78, 5) is 12.1. The van der Waals surface area contributed by atoms with Gasteiger partial charge in [0.25, 0.3) is 0 Å². The standard InChI is InChI=1S/C23H26O5S2/c1-3-29(25,26)17-21-9-5-7-19(15-21)11-13-23(24)14-12-20-8-6-10-22(16-20)18-30(27,28)4-2/h5-16H,3-4,17-18H2,1-2H3/b13-11+,14-12+. The average molecular weight is 447 g/mol. The second-order valence-electron chi connectivity index (χ2n) is 6.91. The Morgan fingerprint density at radius 3 is 1.50 bits per heavy atom. The summed E-state index contributed by atoms with van der Waals surface area (Å²) < 4.78 is 47.1. The highest BCUT2D eigenvalue weighted by Crippen LogP contribution is 2.13. The number of carbonyl (C=O) groups is 1. The molecule has 0 radical (unpaired) electrons. The molecule has 0 unspecified atom stereocenters. The minimum absolute atomic E-state index is 0.0247. The van der Waals surface area contributed by atoms with Crippen molar-refractivity contribution in [2.45, 2.75) is 25.4 Å². The van der Waals surface area contributed by atoms with Gasteiger partial charge in [0.2, 0.25) is 0 Å². The Hall–Kier alpha value is -2.51. The quantitative estimate of drug-likeness (QED) is 0.518. The molecule has 0 bridgehead atoms. The molecule has 0 atom stereocenters. The van der Waals surface area contributed by atoms with Crippen molar-refractivity contribution in [2.24, 2.45) is 0 Å². The van der Waals surface area contributed by atoms with Crippen LogP contribution in [0.1, 0.15) is 36.1 Å². The smallest absolute Gasteiger partial charge is 0.178 e. The lowest BCUT2D eigenvalue weighted by molar-refractivity contribution is -0.110. The summed E-state index contributed by atoms with van der Waals surface area (Å²) in [5, 5.41) is 0. The monoisotopic (exact) mass is 446 g/mol. The maximum atomic E-state index is 12.1. The Balaban J connectivity index is 2.05. The highest BCUT2D eigenvalue weighted by Gasteiger charge is 2.09. The molecule has 0 aliphatic rings. The van der Waals surface area contributed by atoms with Gasteiger partial charge < -0.3 is 0 Å². The van der Waals surface area contributed by atoms with Gasteiger partial charge >= 0.3 is 0 Å². The van der Waals surface area contributed by atoms with E-state index in [9.17, 15) is 21.6 Å². The van der Waals surface area contributed by atoms with Crippen molar-refractivity contribution in [1.29, 1.82) is 0 Å². The van der Waals surface area contributed by atoms with Gasteiger partial charge in [0.1, 0.15) is 0 Å². The minimum atomic E-state index is -3.12. The van der Waals surface area contributed by atoms with Crippen molar-refractivity contribution in [3.63, 3.8) is 0 Å². The Labute approximate surface area is 179 Å². The van der Waals surface area contributed by atoms with E-state index < -0.39 is 19.7 Å². The Bertz CT molecular complexity index is 1070. The lowest BCUT2D eigenvalue weighted by atomic mass is 10.1. The van der Waals surface area contributed by atoms with Crippen molar-refractivity contribution in [1.82, 2.24) is 0 Å². The fourth-order valence-electron chi connectivity index (χ4n) is 2.70. The van der Waals surface area contributed by atoms with Crippen LogP contribution in [-0.2, 0) is 36.0 Å². The van der Waals surface area contributed by atoms with E-state index in [1.165, 1.54) is 12.2 Å². The molecule has 0 fully saturated rings. The first-order chi connectivity index (χ1) is 14.1. The van der Waals surface area contributed by atoms with E-state index in [1.807, 2.05) is 0 Å². The first-order valence-corrected chi connectivity index (χ1v) is 13.3. The molecule has 0 heterocycles. The largest absolute Gasteiger partial charge is 0.290 e. The predicted molar refractivity (Wildman–Crippen MR) is 122 cm³/mol. The van der Waals surface area contributed by atoms with Gasteiger partial charge in [-0.25, -0.2) is 16.8 Å². The zero-order valence-corrected chi connectivity index (χ0v) is 18.7. The van der Waals surface area contributed by atoms with E-state index in [4.69, 9.17) is 0 Å². The van der Waals surface area contributed by atoms with Crippen LogP contribution in [0, 0.1) is 0 Å². The molecule has 7 heteroatoms. The highest BCUT2D eigenvalue weighted by molar-refractivity contribution is 7.90. The molecule has 0 saturated heterocycles. The van der Waals surface area contributed by atoms with Gasteiger partial charge in [-0.05, 0) is 34.4 Å². The van der Waals surface area contributed by atoms with Gasteiger partial charge in [-0.2, -0.15) is 0 Å². The van der Waals surface area contributed by atoms with Crippen LogP contribution in [0.25, 0.3) is 12.2 Å². The molecule has 0 aliphatic heterocycles. The SMILES string of the molecule is CCS(=O)(=O)Cc1cccc(/C=C/C(=O)/C=C/c2cccc(CS(=O)(=O)CC)c2)c1. The second kappa shape index (κ2) is 10.5. The zero-order valence-electron chi connectivity index (χ0n) is 17.1.